The van der Waals surface area contributed by atoms with Crippen LogP contribution in [-0.2, 0) is 4.79 Å². The van der Waals surface area contributed by atoms with Gasteiger partial charge in [0.05, 0.1) is 25.6 Å². The van der Waals surface area contributed by atoms with Gasteiger partial charge in [0.15, 0.2) is 5.75 Å². The summed E-state index contributed by atoms with van der Waals surface area (Å²) in [7, 11) is 3.25. The summed E-state index contributed by atoms with van der Waals surface area (Å²) in [6.07, 6.45) is -0.307. The molecule has 38 heavy (non-hydrogen) atoms. The minimum atomic E-state index is -4.84. The summed E-state index contributed by atoms with van der Waals surface area (Å²) in [4.78, 5) is 19.6. The van der Waals surface area contributed by atoms with Gasteiger partial charge >= 0.3 is 6.36 Å². The zero-order valence-corrected chi connectivity index (χ0v) is 22.0. The van der Waals surface area contributed by atoms with Crippen molar-refractivity contribution in [2.24, 2.45) is 5.92 Å². The van der Waals surface area contributed by atoms with Gasteiger partial charge in [-0.15, -0.1) is 13.2 Å². The third-order valence-electron chi connectivity index (χ3n) is 7.34. The number of hydrogen-bond acceptors (Lipinski definition) is 6. The number of ether oxygens (including phenoxy) is 3. The molecule has 1 saturated heterocycles. The average molecular weight is 536 g/mol. The molecule has 2 fully saturated rings. The van der Waals surface area contributed by atoms with E-state index in [1.54, 1.807) is 20.3 Å². The Morgan fingerprint density at radius 2 is 1.66 bits per heavy atom. The molecule has 1 heterocycles. The summed E-state index contributed by atoms with van der Waals surface area (Å²) in [6, 6.07) is 11.7. The molecule has 10 heteroatoms. The first-order chi connectivity index (χ1) is 18.3. The first kappa shape index (κ1) is 27.9. The standard InChI is InChI=1S/C28H36F3N3O4/c1-36-22-12-13-23(26(20-22)37-2)33-17-14-32(15-18-33)16-19-34(27(35)21-8-4-3-5-9-21)24-10-6-7-11-25(24)38-28(29,30)31/h6-7,10-13,20-21H,3-5,8-9,14-19H2,1-2H3. The second kappa shape index (κ2) is 12.6. The lowest BCUT2D eigenvalue weighted by molar-refractivity contribution is -0.274. The first-order valence-electron chi connectivity index (χ1n) is 13.1. The maximum absolute atomic E-state index is 13.6. The van der Waals surface area contributed by atoms with Crippen molar-refractivity contribution in [2.45, 2.75) is 38.5 Å². The Morgan fingerprint density at radius 1 is 0.947 bits per heavy atom. The van der Waals surface area contributed by atoms with Crippen LogP contribution in [-0.4, -0.2) is 70.7 Å². The zero-order valence-electron chi connectivity index (χ0n) is 22.0. The highest BCUT2D eigenvalue weighted by molar-refractivity contribution is 5.96. The third-order valence-corrected chi connectivity index (χ3v) is 7.34. The van der Waals surface area contributed by atoms with E-state index in [1.807, 2.05) is 18.2 Å². The third kappa shape index (κ3) is 7.03. The van der Waals surface area contributed by atoms with Crippen LogP contribution in [0, 0.1) is 5.92 Å². The van der Waals surface area contributed by atoms with E-state index in [-0.39, 0.29) is 23.3 Å². The van der Waals surface area contributed by atoms with Gasteiger partial charge in [-0.2, -0.15) is 0 Å². The number of carbonyl (C=O) groups excluding carboxylic acids is 1. The normalized spacial score (nSPS) is 17.2. The smallest absolute Gasteiger partial charge is 0.497 e. The van der Waals surface area contributed by atoms with Crippen LogP contribution in [0.5, 0.6) is 17.2 Å². The summed E-state index contributed by atoms with van der Waals surface area (Å²) >= 11 is 0. The maximum Gasteiger partial charge on any atom is 0.573 e. The second-order valence-corrected chi connectivity index (χ2v) is 9.71. The van der Waals surface area contributed by atoms with E-state index in [0.717, 1.165) is 75.5 Å². The molecule has 208 valence electrons. The number of anilines is 2. The van der Waals surface area contributed by atoms with Gasteiger partial charge in [-0.1, -0.05) is 31.4 Å². The summed E-state index contributed by atoms with van der Waals surface area (Å²) in [5.41, 5.74) is 1.15. The minimum absolute atomic E-state index is 0.121. The predicted octanol–water partition coefficient (Wildman–Crippen LogP) is 5.34. The fourth-order valence-electron chi connectivity index (χ4n) is 5.31. The molecule has 2 aromatic rings. The van der Waals surface area contributed by atoms with Gasteiger partial charge in [-0.25, -0.2) is 0 Å². The molecule has 0 atom stereocenters. The molecular weight excluding hydrogens is 499 g/mol. The van der Waals surface area contributed by atoms with E-state index < -0.39 is 6.36 Å². The molecule has 4 rings (SSSR count). The Morgan fingerprint density at radius 3 is 2.32 bits per heavy atom. The highest BCUT2D eigenvalue weighted by Gasteiger charge is 2.35. The van der Waals surface area contributed by atoms with E-state index in [0.29, 0.717) is 13.1 Å². The van der Waals surface area contributed by atoms with Gasteiger partial charge < -0.3 is 24.0 Å². The van der Waals surface area contributed by atoms with Crippen molar-refractivity contribution < 1.29 is 32.2 Å². The Bertz CT molecular complexity index is 1070. The number of amides is 1. The largest absolute Gasteiger partial charge is 0.573 e. The molecule has 1 saturated carbocycles. The van der Waals surface area contributed by atoms with Crippen LogP contribution in [0.15, 0.2) is 42.5 Å². The molecule has 0 radical (unpaired) electrons. The monoisotopic (exact) mass is 535 g/mol. The summed E-state index contributed by atoms with van der Waals surface area (Å²) in [5.74, 6) is 0.817. The van der Waals surface area contributed by atoms with Crippen molar-refractivity contribution in [3.63, 3.8) is 0 Å². The van der Waals surface area contributed by atoms with Crippen molar-refractivity contribution in [1.29, 1.82) is 0 Å². The van der Waals surface area contributed by atoms with Crippen molar-refractivity contribution >= 4 is 17.3 Å². The number of para-hydroxylation sites is 2. The van der Waals surface area contributed by atoms with Crippen molar-refractivity contribution in [3.8, 4) is 17.2 Å². The van der Waals surface area contributed by atoms with E-state index in [4.69, 9.17) is 9.47 Å². The number of nitrogens with zero attached hydrogens (tertiary/aromatic N) is 3. The molecule has 2 aliphatic rings. The summed E-state index contributed by atoms with van der Waals surface area (Å²) in [5, 5.41) is 0. The van der Waals surface area contributed by atoms with E-state index in [9.17, 15) is 18.0 Å². The van der Waals surface area contributed by atoms with Crippen molar-refractivity contribution in [1.82, 2.24) is 4.90 Å². The molecule has 1 aliphatic heterocycles. The van der Waals surface area contributed by atoms with Gasteiger partial charge in [0, 0.05) is 51.3 Å². The number of carbonyl (C=O) groups is 1. The summed E-state index contributed by atoms with van der Waals surface area (Å²) < 4.78 is 54.6. The molecule has 1 amide bonds. The number of piperazine rings is 1. The Hall–Kier alpha value is -3.14. The number of benzene rings is 2. The van der Waals surface area contributed by atoms with E-state index in [1.165, 1.54) is 23.1 Å². The van der Waals surface area contributed by atoms with Crippen LogP contribution in [0.25, 0.3) is 0 Å². The van der Waals surface area contributed by atoms with Gasteiger partial charge in [-0.05, 0) is 37.1 Å². The molecule has 0 bridgehead atoms. The Labute approximate surface area is 222 Å². The lowest BCUT2D eigenvalue weighted by atomic mass is 9.88. The zero-order chi connectivity index (χ0) is 27.1. The van der Waals surface area contributed by atoms with E-state index >= 15 is 0 Å². The molecule has 0 spiro atoms. The second-order valence-electron chi connectivity index (χ2n) is 9.71. The lowest BCUT2D eigenvalue weighted by Gasteiger charge is -2.38. The van der Waals surface area contributed by atoms with Gasteiger partial charge in [0.2, 0.25) is 5.91 Å². The predicted molar refractivity (Wildman–Crippen MR) is 140 cm³/mol. The van der Waals surface area contributed by atoms with Gasteiger partial charge in [0.1, 0.15) is 11.5 Å². The van der Waals surface area contributed by atoms with Crippen LogP contribution in [0.4, 0.5) is 24.5 Å². The molecule has 0 N–H and O–H groups in total. The molecule has 2 aromatic carbocycles. The maximum atomic E-state index is 13.6. The molecule has 7 nitrogen and oxygen atoms in total. The number of hydrogen-bond donors (Lipinski definition) is 0. The Kier molecular flexibility index (Phi) is 9.25. The number of rotatable bonds is 9. The topological polar surface area (TPSA) is 54.5 Å². The SMILES string of the molecule is COc1ccc(N2CCN(CCN(C(=O)C3CCCCC3)c3ccccc3OC(F)(F)F)CC2)c(OC)c1. The fraction of sp³-hybridized carbons (Fsp3) is 0.536. The quantitative estimate of drug-likeness (QED) is 0.432. The highest BCUT2D eigenvalue weighted by atomic mass is 19.4. The van der Waals surface area contributed by atoms with Crippen molar-refractivity contribution in [2.75, 3.05) is 63.3 Å². The van der Waals surface area contributed by atoms with Crippen molar-refractivity contribution in [3.05, 3.63) is 42.5 Å². The fourth-order valence-corrected chi connectivity index (χ4v) is 5.31. The average Bonchev–Trinajstić information content (AvgIpc) is 2.93. The number of alkyl halides is 3. The van der Waals surface area contributed by atoms with Gasteiger partial charge in [-0.3, -0.25) is 9.69 Å². The molecule has 0 aromatic heterocycles. The Balaban J connectivity index is 1.45. The van der Waals surface area contributed by atoms with Crippen LogP contribution in [0.1, 0.15) is 32.1 Å². The van der Waals surface area contributed by atoms with Gasteiger partial charge in [0.25, 0.3) is 0 Å². The highest BCUT2D eigenvalue weighted by Crippen LogP contribution is 2.36. The number of methoxy groups -OCH3 is 2. The first-order valence-corrected chi connectivity index (χ1v) is 13.1. The minimum Gasteiger partial charge on any atom is -0.497 e. The van der Waals surface area contributed by atoms with Crippen LogP contribution >= 0.6 is 0 Å². The van der Waals surface area contributed by atoms with E-state index in [2.05, 4.69) is 14.5 Å². The molecular formula is C28H36F3N3O4. The molecule has 0 unspecified atom stereocenters. The van der Waals surface area contributed by atoms with Crippen LogP contribution in [0.3, 0.4) is 0 Å². The molecule has 1 aliphatic carbocycles. The summed E-state index contributed by atoms with van der Waals surface area (Å²) in [6.45, 7) is 3.86. The lowest BCUT2D eigenvalue weighted by Crippen LogP contribution is -2.49. The van der Waals surface area contributed by atoms with Crippen LogP contribution < -0.4 is 24.0 Å². The van der Waals surface area contributed by atoms with Crippen LogP contribution in [0.2, 0.25) is 0 Å². The number of halogens is 3.